The molecule has 1 N–H and O–H groups in total. The van der Waals surface area contributed by atoms with Crippen LogP contribution in [0.1, 0.15) is 5.56 Å². The first kappa shape index (κ1) is 10.6. The lowest BCUT2D eigenvalue weighted by molar-refractivity contribution is -0.124. The van der Waals surface area contributed by atoms with E-state index in [1.807, 2.05) is 24.4 Å². The predicted octanol–water partition coefficient (Wildman–Crippen LogP) is 0.597. The minimum Gasteiger partial charge on any atom is -0.375 e. The van der Waals surface area contributed by atoms with Crippen LogP contribution in [0.15, 0.2) is 30.6 Å². The van der Waals surface area contributed by atoms with E-state index < -0.39 is 0 Å². The summed E-state index contributed by atoms with van der Waals surface area (Å²) in [7, 11) is 1.49. The molecule has 0 aliphatic carbocycles. The number of hydrogen-bond acceptors (Lipinski definition) is 3. The summed E-state index contributed by atoms with van der Waals surface area (Å²) in [5, 5.41) is 6.94. The van der Waals surface area contributed by atoms with Crippen molar-refractivity contribution in [1.82, 2.24) is 14.9 Å². The number of nitrogens with one attached hydrogen (secondary N) is 1. The number of carbonyl (C=O) groups excluding carboxylic acids is 1. The number of hydrogen-bond donors (Lipinski definition) is 1. The van der Waals surface area contributed by atoms with Gasteiger partial charge in [-0.1, -0.05) is 6.07 Å². The van der Waals surface area contributed by atoms with E-state index >= 15 is 0 Å². The van der Waals surface area contributed by atoms with Crippen molar-refractivity contribution in [2.75, 3.05) is 13.7 Å². The van der Waals surface area contributed by atoms with Crippen LogP contribution in [0.25, 0.3) is 5.52 Å². The van der Waals surface area contributed by atoms with Crippen molar-refractivity contribution >= 4 is 11.4 Å². The first-order valence-corrected chi connectivity index (χ1v) is 4.98. The topological polar surface area (TPSA) is 55.6 Å². The lowest BCUT2D eigenvalue weighted by Crippen LogP contribution is -2.26. The summed E-state index contributed by atoms with van der Waals surface area (Å²) in [6.45, 7) is 0.551. The molecule has 1 amide bonds. The molecule has 84 valence electrons. The van der Waals surface area contributed by atoms with Crippen molar-refractivity contribution in [1.29, 1.82) is 0 Å². The highest BCUT2D eigenvalue weighted by molar-refractivity contribution is 5.77. The van der Waals surface area contributed by atoms with Crippen LogP contribution in [0.2, 0.25) is 0 Å². The second-order valence-corrected chi connectivity index (χ2v) is 3.41. The molecule has 0 spiro atoms. The summed E-state index contributed by atoms with van der Waals surface area (Å²) in [6.07, 6.45) is 3.62. The fourth-order valence-corrected chi connectivity index (χ4v) is 1.50. The molecule has 0 atom stereocenters. The maximum atomic E-state index is 11.2. The van der Waals surface area contributed by atoms with E-state index in [-0.39, 0.29) is 12.5 Å². The van der Waals surface area contributed by atoms with Crippen LogP contribution in [0, 0.1) is 0 Å². The summed E-state index contributed by atoms with van der Waals surface area (Å²) in [6, 6.07) is 5.82. The predicted molar refractivity (Wildman–Crippen MR) is 58.9 cm³/mol. The Kier molecular flexibility index (Phi) is 3.16. The van der Waals surface area contributed by atoms with Gasteiger partial charge < -0.3 is 10.1 Å². The van der Waals surface area contributed by atoms with Gasteiger partial charge in [0.2, 0.25) is 5.91 Å². The molecule has 0 unspecified atom stereocenters. The van der Waals surface area contributed by atoms with Gasteiger partial charge in [-0.25, -0.2) is 4.52 Å². The number of rotatable bonds is 4. The molecule has 5 nitrogen and oxygen atoms in total. The molecule has 0 fully saturated rings. The average Bonchev–Trinajstić information content (AvgIpc) is 2.70. The molecular formula is C11H13N3O2. The van der Waals surface area contributed by atoms with E-state index in [0.717, 1.165) is 11.1 Å². The van der Waals surface area contributed by atoms with Crippen molar-refractivity contribution in [3.05, 3.63) is 36.2 Å². The van der Waals surface area contributed by atoms with Gasteiger partial charge in [0, 0.05) is 25.4 Å². The lowest BCUT2D eigenvalue weighted by atomic mass is 10.2. The normalized spacial score (nSPS) is 10.6. The molecule has 16 heavy (non-hydrogen) atoms. The van der Waals surface area contributed by atoms with Crippen LogP contribution in [0.3, 0.4) is 0 Å². The SMILES string of the molecule is COCC(=O)NCc1cnn2ccccc12. The summed E-state index contributed by atoms with van der Waals surface area (Å²) in [5.41, 5.74) is 1.99. The van der Waals surface area contributed by atoms with Crippen LogP contribution >= 0.6 is 0 Å². The molecule has 0 aromatic carbocycles. The highest BCUT2D eigenvalue weighted by Gasteiger charge is 2.04. The summed E-state index contributed by atoms with van der Waals surface area (Å²) < 4.78 is 6.50. The van der Waals surface area contributed by atoms with E-state index in [4.69, 9.17) is 4.74 Å². The average molecular weight is 219 g/mol. The quantitative estimate of drug-likeness (QED) is 0.819. The first-order valence-electron chi connectivity index (χ1n) is 4.98. The van der Waals surface area contributed by atoms with Crippen LogP contribution in [0.4, 0.5) is 0 Å². The molecule has 2 aromatic heterocycles. The van der Waals surface area contributed by atoms with Crippen molar-refractivity contribution in [3.63, 3.8) is 0 Å². The standard InChI is InChI=1S/C11H13N3O2/c1-16-8-11(15)12-6-9-7-13-14-5-3-2-4-10(9)14/h2-5,7H,6,8H2,1H3,(H,12,15). The molecule has 2 aromatic rings. The number of methoxy groups -OCH3 is 1. The first-order chi connectivity index (χ1) is 7.81. The van der Waals surface area contributed by atoms with Crippen molar-refractivity contribution in [2.24, 2.45) is 0 Å². The van der Waals surface area contributed by atoms with Crippen LogP contribution in [0.5, 0.6) is 0 Å². The second-order valence-electron chi connectivity index (χ2n) is 3.41. The Morgan fingerprint density at radius 2 is 2.44 bits per heavy atom. The number of aromatic nitrogens is 2. The fourth-order valence-electron chi connectivity index (χ4n) is 1.50. The van der Waals surface area contributed by atoms with Crippen molar-refractivity contribution in [3.8, 4) is 0 Å². The molecule has 0 saturated carbocycles. The van der Waals surface area contributed by atoms with E-state index in [9.17, 15) is 4.79 Å². The number of ether oxygens (including phenoxy) is 1. The maximum absolute atomic E-state index is 11.2. The number of nitrogens with zero attached hydrogens (tertiary/aromatic N) is 2. The van der Waals surface area contributed by atoms with Crippen LogP contribution in [-0.4, -0.2) is 29.2 Å². The van der Waals surface area contributed by atoms with Gasteiger partial charge in [0.15, 0.2) is 0 Å². The largest absolute Gasteiger partial charge is 0.375 e. The van der Waals surface area contributed by atoms with Gasteiger partial charge in [0.1, 0.15) is 6.61 Å². The summed E-state index contributed by atoms with van der Waals surface area (Å²) in [4.78, 5) is 11.2. The van der Waals surface area contributed by atoms with Gasteiger partial charge in [-0.2, -0.15) is 5.10 Å². The van der Waals surface area contributed by atoms with Gasteiger partial charge >= 0.3 is 0 Å². The molecule has 2 heterocycles. The summed E-state index contributed by atoms with van der Waals surface area (Å²) >= 11 is 0. The van der Waals surface area contributed by atoms with Crippen molar-refractivity contribution in [2.45, 2.75) is 6.54 Å². The maximum Gasteiger partial charge on any atom is 0.246 e. The van der Waals surface area contributed by atoms with Gasteiger partial charge in [-0.05, 0) is 12.1 Å². The van der Waals surface area contributed by atoms with E-state index in [1.165, 1.54) is 7.11 Å². The summed E-state index contributed by atoms with van der Waals surface area (Å²) in [5.74, 6) is -0.127. The molecular weight excluding hydrogens is 206 g/mol. The molecule has 0 aliphatic rings. The molecule has 0 aliphatic heterocycles. The Morgan fingerprint density at radius 1 is 1.56 bits per heavy atom. The minimum absolute atomic E-state index is 0.0826. The Hall–Kier alpha value is -1.88. The monoisotopic (exact) mass is 219 g/mol. The molecule has 0 bridgehead atoms. The van der Waals surface area contributed by atoms with E-state index in [1.54, 1.807) is 10.7 Å². The number of carbonyl (C=O) groups is 1. The number of pyridine rings is 1. The number of fused-ring (bicyclic) bond motifs is 1. The van der Waals surface area contributed by atoms with Gasteiger partial charge in [-0.15, -0.1) is 0 Å². The zero-order valence-electron chi connectivity index (χ0n) is 9.01. The molecule has 2 rings (SSSR count). The molecule has 5 heteroatoms. The van der Waals surface area contributed by atoms with Gasteiger partial charge in [0.05, 0.1) is 11.7 Å². The highest BCUT2D eigenvalue weighted by atomic mass is 16.5. The Morgan fingerprint density at radius 3 is 3.25 bits per heavy atom. The Labute approximate surface area is 93.0 Å². The lowest BCUT2D eigenvalue weighted by Gasteiger charge is -2.02. The highest BCUT2D eigenvalue weighted by Crippen LogP contribution is 2.08. The van der Waals surface area contributed by atoms with Crippen LogP contribution < -0.4 is 5.32 Å². The smallest absolute Gasteiger partial charge is 0.246 e. The Bertz CT molecular complexity index is 493. The van der Waals surface area contributed by atoms with Crippen molar-refractivity contribution < 1.29 is 9.53 Å². The third-order valence-electron chi connectivity index (χ3n) is 2.26. The van der Waals surface area contributed by atoms with Gasteiger partial charge in [-0.3, -0.25) is 4.79 Å². The molecule has 0 saturated heterocycles. The Balaban J connectivity index is 2.07. The second kappa shape index (κ2) is 4.76. The number of amides is 1. The fraction of sp³-hybridized carbons (Fsp3) is 0.273. The van der Waals surface area contributed by atoms with E-state index in [0.29, 0.717) is 6.54 Å². The third kappa shape index (κ3) is 2.20. The van der Waals surface area contributed by atoms with Gasteiger partial charge in [0.25, 0.3) is 0 Å². The third-order valence-corrected chi connectivity index (χ3v) is 2.26. The van der Waals surface area contributed by atoms with Crippen LogP contribution in [-0.2, 0) is 16.1 Å². The van der Waals surface area contributed by atoms with E-state index in [2.05, 4.69) is 10.4 Å². The zero-order valence-corrected chi connectivity index (χ0v) is 9.01. The zero-order chi connectivity index (χ0) is 11.4. The molecule has 0 radical (unpaired) electrons. The minimum atomic E-state index is -0.127.